The fraction of sp³-hybridized carbons (Fsp3) is 0.200. The molecule has 0 aliphatic heterocycles. The lowest BCUT2D eigenvalue weighted by Gasteiger charge is -2.11. The van der Waals surface area contributed by atoms with Crippen molar-refractivity contribution in [1.82, 2.24) is 0 Å². The molecule has 0 amide bonds. The van der Waals surface area contributed by atoms with E-state index >= 15 is 0 Å². The summed E-state index contributed by atoms with van der Waals surface area (Å²) >= 11 is 12.4. The third-order valence-electron chi connectivity index (χ3n) is 2.82. The Morgan fingerprint density at radius 2 is 1.71 bits per heavy atom. The van der Waals surface area contributed by atoms with Crippen LogP contribution in [0, 0.1) is 0 Å². The summed E-state index contributed by atoms with van der Waals surface area (Å²) in [4.78, 5) is 0. The van der Waals surface area contributed by atoms with Crippen molar-refractivity contribution in [3.05, 3.63) is 70.2 Å². The van der Waals surface area contributed by atoms with Gasteiger partial charge in [-0.3, -0.25) is 0 Å². The highest BCUT2D eigenvalue weighted by Gasteiger charge is 2.10. The summed E-state index contributed by atoms with van der Waals surface area (Å²) in [7, 11) is 0. The zero-order chi connectivity index (χ0) is 12.3. The van der Waals surface area contributed by atoms with Crippen LogP contribution in [0.4, 0.5) is 0 Å². The third-order valence-corrected chi connectivity index (χ3v) is 3.56. The molecule has 0 spiro atoms. The number of hydrogen-bond acceptors (Lipinski definition) is 0. The van der Waals surface area contributed by atoms with Gasteiger partial charge in [-0.25, -0.2) is 0 Å². The fourth-order valence-electron chi connectivity index (χ4n) is 1.78. The molecule has 2 heteroatoms. The summed E-state index contributed by atoms with van der Waals surface area (Å²) in [5.41, 5.74) is 3.46. The number of halogens is 2. The summed E-state index contributed by atoms with van der Waals surface area (Å²) in [5, 5.41) is 0.581. The summed E-state index contributed by atoms with van der Waals surface area (Å²) < 4.78 is 0. The lowest BCUT2D eigenvalue weighted by Crippen LogP contribution is -1.93. The molecular weight excluding hydrogens is 251 g/mol. The van der Waals surface area contributed by atoms with Crippen molar-refractivity contribution in [2.45, 2.75) is 18.7 Å². The van der Waals surface area contributed by atoms with Gasteiger partial charge in [0.05, 0.1) is 5.38 Å². The van der Waals surface area contributed by atoms with Gasteiger partial charge in [-0.05, 0) is 35.2 Å². The van der Waals surface area contributed by atoms with E-state index in [1.165, 1.54) is 5.56 Å². The van der Waals surface area contributed by atoms with Gasteiger partial charge in [0, 0.05) is 5.02 Å². The Morgan fingerprint density at radius 1 is 1.00 bits per heavy atom. The van der Waals surface area contributed by atoms with Crippen LogP contribution in [0.5, 0.6) is 0 Å². The lowest BCUT2D eigenvalue weighted by molar-refractivity contribution is 1.10. The first-order valence-corrected chi connectivity index (χ1v) is 6.50. The largest absolute Gasteiger partial charge is 0.113 e. The Balaban J connectivity index is 2.27. The summed E-state index contributed by atoms with van der Waals surface area (Å²) in [6.07, 6.45) is 1.05. The fourth-order valence-corrected chi connectivity index (χ4v) is 2.26. The molecule has 0 saturated carbocycles. The minimum absolute atomic E-state index is 0.139. The van der Waals surface area contributed by atoms with Crippen molar-refractivity contribution in [1.29, 1.82) is 0 Å². The van der Waals surface area contributed by atoms with E-state index in [2.05, 4.69) is 31.2 Å². The molecular formula is C15H14Cl2. The van der Waals surface area contributed by atoms with Gasteiger partial charge in [-0.2, -0.15) is 0 Å². The van der Waals surface area contributed by atoms with Crippen molar-refractivity contribution in [2.75, 3.05) is 0 Å². The summed E-state index contributed by atoms with van der Waals surface area (Å²) in [6, 6.07) is 16.1. The standard InChI is InChI=1S/C15H14Cl2/c1-2-11-6-8-12(9-7-11)15(17)13-4-3-5-14(16)10-13/h3-10,15H,2H2,1H3. The molecule has 0 N–H and O–H groups in total. The Morgan fingerprint density at radius 3 is 2.29 bits per heavy atom. The number of hydrogen-bond donors (Lipinski definition) is 0. The molecule has 2 aromatic carbocycles. The number of benzene rings is 2. The maximum atomic E-state index is 6.44. The van der Waals surface area contributed by atoms with Crippen LogP contribution < -0.4 is 0 Å². The molecule has 0 radical (unpaired) electrons. The highest BCUT2D eigenvalue weighted by Crippen LogP contribution is 2.30. The van der Waals surface area contributed by atoms with Crippen LogP contribution in [0.2, 0.25) is 5.02 Å². The second-order valence-electron chi connectivity index (χ2n) is 4.01. The lowest BCUT2D eigenvalue weighted by atomic mass is 10.0. The van der Waals surface area contributed by atoms with E-state index in [9.17, 15) is 0 Å². The molecule has 0 fully saturated rings. The number of aryl methyl sites for hydroxylation is 1. The molecule has 2 aromatic rings. The molecule has 88 valence electrons. The molecule has 0 heterocycles. The van der Waals surface area contributed by atoms with Gasteiger partial charge in [0.25, 0.3) is 0 Å². The van der Waals surface area contributed by atoms with Gasteiger partial charge in [0.15, 0.2) is 0 Å². The smallest absolute Gasteiger partial charge is 0.0835 e. The van der Waals surface area contributed by atoms with Gasteiger partial charge in [0.2, 0.25) is 0 Å². The number of alkyl halides is 1. The van der Waals surface area contributed by atoms with Crippen LogP contribution in [0.3, 0.4) is 0 Å². The van der Waals surface area contributed by atoms with Crippen LogP contribution in [0.15, 0.2) is 48.5 Å². The van der Waals surface area contributed by atoms with Crippen molar-refractivity contribution in [2.24, 2.45) is 0 Å². The normalized spacial score (nSPS) is 12.4. The first-order valence-electron chi connectivity index (χ1n) is 5.69. The summed E-state index contributed by atoms with van der Waals surface area (Å²) in [5.74, 6) is 0. The first-order chi connectivity index (χ1) is 8.20. The summed E-state index contributed by atoms with van der Waals surface area (Å²) in [6.45, 7) is 2.14. The van der Waals surface area contributed by atoms with Gasteiger partial charge in [-0.15, -0.1) is 11.6 Å². The van der Waals surface area contributed by atoms with E-state index in [-0.39, 0.29) is 5.38 Å². The molecule has 0 aliphatic rings. The zero-order valence-electron chi connectivity index (χ0n) is 9.66. The third kappa shape index (κ3) is 3.02. The van der Waals surface area contributed by atoms with Crippen LogP contribution in [-0.4, -0.2) is 0 Å². The molecule has 1 atom stereocenters. The average Bonchev–Trinajstić information content (AvgIpc) is 2.38. The Labute approximate surface area is 112 Å². The minimum Gasteiger partial charge on any atom is -0.113 e. The van der Waals surface area contributed by atoms with Crippen LogP contribution in [-0.2, 0) is 6.42 Å². The van der Waals surface area contributed by atoms with E-state index in [1.54, 1.807) is 0 Å². The SMILES string of the molecule is CCc1ccc(C(Cl)c2cccc(Cl)c2)cc1. The maximum Gasteiger partial charge on any atom is 0.0835 e. The van der Waals surface area contributed by atoms with Crippen LogP contribution in [0.25, 0.3) is 0 Å². The quantitative estimate of drug-likeness (QED) is 0.666. The second-order valence-corrected chi connectivity index (χ2v) is 4.89. The van der Waals surface area contributed by atoms with Gasteiger partial charge in [0.1, 0.15) is 0 Å². The van der Waals surface area contributed by atoms with E-state index in [0.29, 0.717) is 0 Å². The van der Waals surface area contributed by atoms with Crippen molar-refractivity contribution >= 4 is 23.2 Å². The molecule has 0 nitrogen and oxygen atoms in total. The average molecular weight is 265 g/mol. The van der Waals surface area contributed by atoms with Gasteiger partial charge < -0.3 is 0 Å². The van der Waals surface area contributed by atoms with E-state index in [4.69, 9.17) is 23.2 Å². The zero-order valence-corrected chi connectivity index (χ0v) is 11.2. The Kier molecular flexibility index (Phi) is 4.09. The minimum atomic E-state index is -0.139. The monoisotopic (exact) mass is 264 g/mol. The Bertz CT molecular complexity index is 489. The highest BCUT2D eigenvalue weighted by atomic mass is 35.5. The molecule has 0 saturated heterocycles. The predicted octanol–water partition coefficient (Wildman–Crippen LogP) is 5.23. The van der Waals surface area contributed by atoms with Crippen molar-refractivity contribution in [3.8, 4) is 0 Å². The molecule has 17 heavy (non-hydrogen) atoms. The van der Waals surface area contributed by atoms with Gasteiger partial charge in [-0.1, -0.05) is 54.9 Å². The molecule has 2 rings (SSSR count). The molecule has 0 bridgehead atoms. The topological polar surface area (TPSA) is 0 Å². The first kappa shape index (κ1) is 12.5. The van der Waals surface area contributed by atoms with E-state index < -0.39 is 0 Å². The predicted molar refractivity (Wildman–Crippen MR) is 75.0 cm³/mol. The van der Waals surface area contributed by atoms with E-state index in [1.807, 2.05) is 24.3 Å². The Hall–Kier alpha value is -0.980. The second kappa shape index (κ2) is 5.57. The molecule has 0 aromatic heterocycles. The molecule has 1 unspecified atom stereocenters. The van der Waals surface area contributed by atoms with Crippen LogP contribution in [0.1, 0.15) is 29.0 Å². The van der Waals surface area contributed by atoms with Gasteiger partial charge >= 0.3 is 0 Å². The van der Waals surface area contributed by atoms with Crippen molar-refractivity contribution in [3.63, 3.8) is 0 Å². The highest BCUT2D eigenvalue weighted by molar-refractivity contribution is 6.30. The van der Waals surface area contributed by atoms with Crippen LogP contribution >= 0.6 is 23.2 Å². The van der Waals surface area contributed by atoms with E-state index in [0.717, 1.165) is 22.6 Å². The van der Waals surface area contributed by atoms with Crippen molar-refractivity contribution < 1.29 is 0 Å². The molecule has 0 aliphatic carbocycles. The number of rotatable bonds is 3. The maximum absolute atomic E-state index is 6.44.